The Morgan fingerprint density at radius 1 is 1.38 bits per heavy atom. The SMILES string of the molecule is Cc1cnn(-c2ccc(C(C)NC(=O)N[C@H](C)CCO)cc2F)c1. The highest BCUT2D eigenvalue weighted by atomic mass is 19.1. The number of carbonyl (C=O) groups excluding carboxylic acids is 1. The fourth-order valence-corrected chi connectivity index (χ4v) is 2.33. The number of aliphatic hydroxyl groups is 1. The Labute approximate surface area is 140 Å². The number of rotatable bonds is 6. The van der Waals surface area contributed by atoms with Crippen LogP contribution in [-0.4, -0.2) is 33.6 Å². The van der Waals surface area contributed by atoms with Gasteiger partial charge in [-0.05, 0) is 50.5 Å². The number of aliphatic hydroxyl groups excluding tert-OH is 1. The van der Waals surface area contributed by atoms with Gasteiger partial charge in [-0.15, -0.1) is 0 Å². The van der Waals surface area contributed by atoms with E-state index in [1.165, 1.54) is 10.7 Å². The van der Waals surface area contributed by atoms with Crippen LogP contribution in [0.5, 0.6) is 0 Å². The third-order valence-electron chi connectivity index (χ3n) is 3.72. The number of hydrogen-bond acceptors (Lipinski definition) is 3. The first-order chi connectivity index (χ1) is 11.4. The van der Waals surface area contributed by atoms with E-state index in [-0.39, 0.29) is 24.7 Å². The zero-order valence-corrected chi connectivity index (χ0v) is 14.1. The second-order valence-corrected chi connectivity index (χ2v) is 5.93. The molecule has 7 heteroatoms. The van der Waals surface area contributed by atoms with E-state index in [9.17, 15) is 9.18 Å². The van der Waals surface area contributed by atoms with Crippen LogP contribution in [0.2, 0.25) is 0 Å². The number of halogens is 1. The Morgan fingerprint density at radius 3 is 2.71 bits per heavy atom. The third-order valence-corrected chi connectivity index (χ3v) is 3.72. The summed E-state index contributed by atoms with van der Waals surface area (Å²) < 4.78 is 15.8. The largest absolute Gasteiger partial charge is 0.396 e. The van der Waals surface area contributed by atoms with Crippen LogP contribution in [-0.2, 0) is 0 Å². The Kier molecular flexibility index (Phi) is 5.92. The molecule has 2 atom stereocenters. The molecular weight excluding hydrogens is 311 g/mol. The molecule has 130 valence electrons. The second-order valence-electron chi connectivity index (χ2n) is 5.93. The van der Waals surface area contributed by atoms with Crippen molar-refractivity contribution in [2.75, 3.05) is 6.61 Å². The molecule has 2 aromatic rings. The second kappa shape index (κ2) is 7.92. The number of hydrogen-bond donors (Lipinski definition) is 3. The van der Waals surface area contributed by atoms with Crippen LogP contribution in [0.25, 0.3) is 5.69 Å². The number of carbonyl (C=O) groups is 1. The number of benzene rings is 1. The number of aryl methyl sites for hydroxylation is 1. The van der Waals surface area contributed by atoms with Crippen LogP contribution < -0.4 is 10.6 Å². The minimum Gasteiger partial charge on any atom is -0.396 e. The van der Waals surface area contributed by atoms with E-state index in [4.69, 9.17) is 5.11 Å². The summed E-state index contributed by atoms with van der Waals surface area (Å²) in [6.07, 6.45) is 3.89. The first-order valence-electron chi connectivity index (χ1n) is 7.89. The highest BCUT2D eigenvalue weighted by molar-refractivity contribution is 5.74. The van der Waals surface area contributed by atoms with Crippen LogP contribution in [0, 0.1) is 12.7 Å². The summed E-state index contributed by atoms with van der Waals surface area (Å²) in [6.45, 7) is 5.48. The van der Waals surface area contributed by atoms with Gasteiger partial charge in [-0.3, -0.25) is 0 Å². The molecule has 0 aliphatic heterocycles. The minimum absolute atomic E-state index is 0.0105. The molecule has 0 saturated heterocycles. The van der Waals surface area contributed by atoms with Crippen molar-refractivity contribution in [3.05, 3.63) is 47.5 Å². The molecule has 0 radical (unpaired) electrons. The predicted molar refractivity (Wildman–Crippen MR) is 89.5 cm³/mol. The summed E-state index contributed by atoms with van der Waals surface area (Å²) in [5, 5.41) is 18.4. The lowest BCUT2D eigenvalue weighted by Crippen LogP contribution is -2.42. The van der Waals surface area contributed by atoms with Gasteiger partial charge in [0.1, 0.15) is 11.5 Å². The van der Waals surface area contributed by atoms with Crippen LogP contribution in [0.3, 0.4) is 0 Å². The lowest BCUT2D eigenvalue weighted by atomic mass is 10.1. The number of nitrogens with zero attached hydrogens (tertiary/aromatic N) is 2. The fourth-order valence-electron chi connectivity index (χ4n) is 2.33. The highest BCUT2D eigenvalue weighted by Gasteiger charge is 2.14. The lowest BCUT2D eigenvalue weighted by molar-refractivity contribution is 0.228. The molecule has 6 nitrogen and oxygen atoms in total. The topological polar surface area (TPSA) is 79.2 Å². The van der Waals surface area contributed by atoms with Crippen LogP contribution in [0.4, 0.5) is 9.18 Å². The van der Waals surface area contributed by atoms with Crippen molar-refractivity contribution in [1.29, 1.82) is 0 Å². The van der Waals surface area contributed by atoms with Crippen molar-refractivity contribution < 1.29 is 14.3 Å². The summed E-state index contributed by atoms with van der Waals surface area (Å²) in [6, 6.07) is 3.96. The van der Waals surface area contributed by atoms with E-state index < -0.39 is 5.82 Å². The van der Waals surface area contributed by atoms with Gasteiger partial charge in [0, 0.05) is 18.8 Å². The molecule has 0 aliphatic carbocycles. The van der Waals surface area contributed by atoms with Gasteiger partial charge in [-0.2, -0.15) is 5.10 Å². The van der Waals surface area contributed by atoms with E-state index in [1.54, 1.807) is 38.4 Å². The molecule has 1 unspecified atom stereocenters. The van der Waals surface area contributed by atoms with Crippen LogP contribution >= 0.6 is 0 Å². The monoisotopic (exact) mass is 334 g/mol. The molecule has 1 heterocycles. The van der Waals surface area contributed by atoms with Gasteiger partial charge in [-0.25, -0.2) is 13.9 Å². The quantitative estimate of drug-likeness (QED) is 0.759. The first kappa shape index (κ1) is 17.9. The molecule has 0 saturated carbocycles. The number of nitrogens with one attached hydrogen (secondary N) is 2. The molecular formula is C17H23FN4O2. The summed E-state index contributed by atoms with van der Waals surface area (Å²) in [4.78, 5) is 11.9. The number of aromatic nitrogens is 2. The minimum atomic E-state index is -0.404. The average Bonchev–Trinajstić information content (AvgIpc) is 2.93. The molecule has 0 aliphatic rings. The van der Waals surface area contributed by atoms with E-state index in [2.05, 4.69) is 15.7 Å². The van der Waals surface area contributed by atoms with Gasteiger partial charge in [0.2, 0.25) is 0 Å². The smallest absolute Gasteiger partial charge is 0.315 e. The fraction of sp³-hybridized carbons (Fsp3) is 0.412. The lowest BCUT2D eigenvalue weighted by Gasteiger charge is -2.18. The Hall–Kier alpha value is -2.41. The summed E-state index contributed by atoms with van der Waals surface area (Å²) in [7, 11) is 0. The Bertz CT molecular complexity index is 702. The zero-order chi connectivity index (χ0) is 17.7. The van der Waals surface area contributed by atoms with E-state index >= 15 is 0 Å². The van der Waals surface area contributed by atoms with Crippen molar-refractivity contribution in [3.8, 4) is 5.69 Å². The number of urea groups is 1. The maximum absolute atomic E-state index is 14.3. The van der Waals surface area contributed by atoms with Gasteiger partial charge in [-0.1, -0.05) is 6.07 Å². The molecule has 1 aromatic heterocycles. The summed E-state index contributed by atoms with van der Waals surface area (Å²) >= 11 is 0. The molecule has 3 N–H and O–H groups in total. The van der Waals surface area contributed by atoms with E-state index in [0.29, 0.717) is 17.7 Å². The molecule has 0 bridgehead atoms. The standard InChI is InChI=1S/C17H23FN4O2/c1-11-9-19-22(10-11)16-5-4-14(8-15(16)18)13(3)21-17(24)20-12(2)6-7-23/h4-5,8-10,12-13,23H,6-7H2,1-3H3,(H2,20,21,24)/t12-,13?/m1/s1. The van der Waals surface area contributed by atoms with Gasteiger partial charge in [0.25, 0.3) is 0 Å². The molecule has 24 heavy (non-hydrogen) atoms. The predicted octanol–water partition coefficient (Wildman–Crippen LogP) is 2.45. The van der Waals surface area contributed by atoms with Gasteiger partial charge in [0.05, 0.1) is 12.2 Å². The summed E-state index contributed by atoms with van der Waals surface area (Å²) in [5.74, 6) is -0.404. The van der Waals surface area contributed by atoms with E-state index in [1.807, 2.05) is 6.92 Å². The summed E-state index contributed by atoms with van der Waals surface area (Å²) in [5.41, 5.74) is 1.97. The molecule has 0 fully saturated rings. The first-order valence-corrected chi connectivity index (χ1v) is 7.89. The van der Waals surface area contributed by atoms with Crippen molar-refractivity contribution in [1.82, 2.24) is 20.4 Å². The number of amides is 2. The van der Waals surface area contributed by atoms with Gasteiger partial charge < -0.3 is 15.7 Å². The highest BCUT2D eigenvalue weighted by Crippen LogP contribution is 2.19. The maximum Gasteiger partial charge on any atom is 0.315 e. The van der Waals surface area contributed by atoms with Crippen molar-refractivity contribution in [2.45, 2.75) is 39.3 Å². The maximum atomic E-state index is 14.3. The van der Waals surface area contributed by atoms with Gasteiger partial charge in [0.15, 0.2) is 0 Å². The van der Waals surface area contributed by atoms with Gasteiger partial charge >= 0.3 is 6.03 Å². The van der Waals surface area contributed by atoms with Crippen molar-refractivity contribution in [3.63, 3.8) is 0 Å². The average molecular weight is 334 g/mol. The molecule has 2 rings (SSSR count). The zero-order valence-electron chi connectivity index (χ0n) is 14.1. The van der Waals surface area contributed by atoms with Crippen LogP contribution in [0.15, 0.2) is 30.6 Å². The van der Waals surface area contributed by atoms with Crippen molar-refractivity contribution >= 4 is 6.03 Å². The molecule has 2 amide bonds. The Balaban J connectivity index is 2.04. The van der Waals surface area contributed by atoms with Crippen molar-refractivity contribution in [2.24, 2.45) is 0 Å². The van der Waals surface area contributed by atoms with Crippen LogP contribution in [0.1, 0.15) is 37.4 Å². The Morgan fingerprint density at radius 2 is 2.12 bits per heavy atom. The molecule has 0 spiro atoms. The normalized spacial score (nSPS) is 13.4. The van der Waals surface area contributed by atoms with E-state index in [0.717, 1.165) is 5.56 Å². The molecule has 1 aromatic carbocycles. The third kappa shape index (κ3) is 4.55.